The molecule has 0 saturated heterocycles. The van der Waals surface area contributed by atoms with Crippen LogP contribution in [0.25, 0.3) is 0 Å². The van der Waals surface area contributed by atoms with E-state index in [1.807, 2.05) is 11.8 Å². The third-order valence-electron chi connectivity index (χ3n) is 1.76. The molecular weight excluding hydrogens is 212 g/mol. The molecule has 0 aliphatic carbocycles. The molecule has 0 radical (unpaired) electrons. The molecule has 0 aliphatic heterocycles. The molecule has 1 aromatic heterocycles. The fourth-order valence-corrected chi connectivity index (χ4v) is 1.50. The van der Waals surface area contributed by atoms with Crippen LogP contribution in [-0.4, -0.2) is 35.6 Å². The Morgan fingerprint density at radius 2 is 2.33 bits per heavy atom. The van der Waals surface area contributed by atoms with Crippen molar-refractivity contribution in [3.63, 3.8) is 0 Å². The summed E-state index contributed by atoms with van der Waals surface area (Å²) in [6, 6.07) is 1.73. The van der Waals surface area contributed by atoms with E-state index in [2.05, 4.69) is 21.5 Å². The van der Waals surface area contributed by atoms with E-state index in [-0.39, 0.29) is 5.95 Å². The van der Waals surface area contributed by atoms with Crippen molar-refractivity contribution in [2.75, 3.05) is 36.7 Å². The Bertz CT molecular complexity index is 308. The zero-order chi connectivity index (χ0) is 11.1. The van der Waals surface area contributed by atoms with Crippen molar-refractivity contribution in [2.45, 2.75) is 6.42 Å². The Labute approximate surface area is 93.8 Å². The van der Waals surface area contributed by atoms with E-state index >= 15 is 0 Å². The van der Waals surface area contributed by atoms with Crippen LogP contribution in [0.5, 0.6) is 5.88 Å². The van der Waals surface area contributed by atoms with Crippen LogP contribution in [0.15, 0.2) is 6.07 Å². The monoisotopic (exact) mass is 228 g/mol. The average molecular weight is 228 g/mol. The molecule has 0 atom stereocenters. The predicted octanol–water partition coefficient (Wildman–Crippen LogP) is 1.23. The van der Waals surface area contributed by atoms with Gasteiger partial charge in [-0.15, -0.1) is 0 Å². The second kappa shape index (κ2) is 6.34. The molecule has 0 aliphatic rings. The lowest BCUT2D eigenvalue weighted by Gasteiger charge is -2.06. The van der Waals surface area contributed by atoms with Crippen LogP contribution in [0.3, 0.4) is 0 Å². The van der Waals surface area contributed by atoms with Gasteiger partial charge in [-0.25, -0.2) is 0 Å². The van der Waals surface area contributed by atoms with E-state index in [0.29, 0.717) is 11.7 Å². The molecule has 1 rings (SSSR count). The van der Waals surface area contributed by atoms with Crippen molar-refractivity contribution in [3.05, 3.63) is 6.07 Å². The first-order chi connectivity index (χ1) is 7.26. The number of nitrogen functional groups attached to an aromatic ring is 1. The summed E-state index contributed by atoms with van der Waals surface area (Å²) in [4.78, 5) is 7.95. The Morgan fingerprint density at radius 3 is 3.00 bits per heavy atom. The van der Waals surface area contributed by atoms with Crippen LogP contribution in [0.4, 0.5) is 11.8 Å². The molecule has 15 heavy (non-hydrogen) atoms. The quantitative estimate of drug-likeness (QED) is 0.713. The van der Waals surface area contributed by atoms with Gasteiger partial charge in [0.2, 0.25) is 11.8 Å². The van der Waals surface area contributed by atoms with Crippen molar-refractivity contribution in [3.8, 4) is 5.88 Å². The van der Waals surface area contributed by atoms with Crippen LogP contribution in [0.2, 0.25) is 0 Å². The normalized spacial score (nSPS) is 10.0. The van der Waals surface area contributed by atoms with Gasteiger partial charge < -0.3 is 15.8 Å². The molecule has 0 bridgehead atoms. The number of hydrogen-bond donors (Lipinski definition) is 2. The summed E-state index contributed by atoms with van der Waals surface area (Å²) in [6.07, 6.45) is 3.18. The third kappa shape index (κ3) is 4.24. The molecule has 1 heterocycles. The number of anilines is 2. The Kier molecular flexibility index (Phi) is 5.03. The molecule has 0 spiro atoms. The molecular formula is C9H16N4OS. The second-order valence-corrected chi connectivity index (χ2v) is 3.91. The lowest BCUT2D eigenvalue weighted by Crippen LogP contribution is -2.07. The van der Waals surface area contributed by atoms with Crippen LogP contribution in [-0.2, 0) is 0 Å². The topological polar surface area (TPSA) is 73.1 Å². The van der Waals surface area contributed by atoms with Crippen LogP contribution in [0, 0.1) is 0 Å². The zero-order valence-electron chi connectivity index (χ0n) is 8.99. The average Bonchev–Trinajstić information content (AvgIpc) is 2.23. The minimum absolute atomic E-state index is 0.224. The van der Waals surface area contributed by atoms with Crippen LogP contribution >= 0.6 is 11.8 Å². The van der Waals surface area contributed by atoms with Gasteiger partial charge in [-0.05, 0) is 18.4 Å². The summed E-state index contributed by atoms with van der Waals surface area (Å²) in [5.74, 6) is 2.54. The third-order valence-corrected chi connectivity index (χ3v) is 2.46. The summed E-state index contributed by atoms with van der Waals surface area (Å²) in [5, 5.41) is 3.17. The van der Waals surface area contributed by atoms with Gasteiger partial charge in [-0.2, -0.15) is 21.7 Å². The SMILES string of the molecule is COc1cc(NCCCSC)nc(N)n1. The van der Waals surface area contributed by atoms with Crippen LogP contribution in [0.1, 0.15) is 6.42 Å². The van der Waals surface area contributed by atoms with Gasteiger partial charge in [0.05, 0.1) is 7.11 Å². The van der Waals surface area contributed by atoms with E-state index in [0.717, 1.165) is 18.7 Å². The highest BCUT2D eigenvalue weighted by molar-refractivity contribution is 7.98. The summed E-state index contributed by atoms with van der Waals surface area (Å²) in [5.41, 5.74) is 5.52. The maximum Gasteiger partial charge on any atom is 0.225 e. The molecule has 0 amide bonds. The maximum atomic E-state index is 5.52. The fraction of sp³-hybridized carbons (Fsp3) is 0.556. The van der Waals surface area contributed by atoms with E-state index in [1.165, 1.54) is 0 Å². The summed E-state index contributed by atoms with van der Waals surface area (Å²) in [6.45, 7) is 0.875. The lowest BCUT2D eigenvalue weighted by molar-refractivity contribution is 0.398. The predicted molar refractivity (Wildman–Crippen MR) is 64.5 cm³/mol. The molecule has 0 aromatic carbocycles. The molecule has 5 nitrogen and oxygen atoms in total. The summed E-state index contributed by atoms with van der Waals surface area (Å²) >= 11 is 1.83. The van der Waals surface area contributed by atoms with Gasteiger partial charge in [0, 0.05) is 12.6 Å². The minimum Gasteiger partial charge on any atom is -0.481 e. The van der Waals surface area contributed by atoms with E-state index < -0.39 is 0 Å². The molecule has 84 valence electrons. The lowest BCUT2D eigenvalue weighted by atomic mass is 10.4. The zero-order valence-corrected chi connectivity index (χ0v) is 9.80. The first kappa shape index (κ1) is 11.9. The number of nitrogens with one attached hydrogen (secondary N) is 1. The molecule has 0 fully saturated rings. The second-order valence-electron chi connectivity index (χ2n) is 2.93. The Morgan fingerprint density at radius 1 is 1.53 bits per heavy atom. The molecule has 0 unspecified atom stereocenters. The highest BCUT2D eigenvalue weighted by Crippen LogP contribution is 2.13. The number of nitrogens with two attached hydrogens (primary N) is 1. The van der Waals surface area contributed by atoms with Gasteiger partial charge in [-0.1, -0.05) is 0 Å². The summed E-state index contributed by atoms with van der Waals surface area (Å²) < 4.78 is 4.99. The highest BCUT2D eigenvalue weighted by Gasteiger charge is 2.01. The molecule has 1 aromatic rings. The fourth-order valence-electron chi connectivity index (χ4n) is 1.07. The Balaban J connectivity index is 2.49. The van der Waals surface area contributed by atoms with Crippen molar-refractivity contribution < 1.29 is 4.74 Å². The first-order valence-corrected chi connectivity index (χ1v) is 6.07. The van der Waals surface area contributed by atoms with Gasteiger partial charge in [-0.3, -0.25) is 0 Å². The summed E-state index contributed by atoms with van der Waals surface area (Å²) in [7, 11) is 1.55. The molecule has 3 N–H and O–H groups in total. The molecule has 0 saturated carbocycles. The van der Waals surface area contributed by atoms with Crippen molar-refractivity contribution in [2.24, 2.45) is 0 Å². The molecule has 6 heteroatoms. The largest absolute Gasteiger partial charge is 0.481 e. The van der Waals surface area contributed by atoms with Gasteiger partial charge in [0.25, 0.3) is 0 Å². The first-order valence-electron chi connectivity index (χ1n) is 4.67. The van der Waals surface area contributed by atoms with Crippen LogP contribution < -0.4 is 15.8 Å². The smallest absolute Gasteiger partial charge is 0.225 e. The standard InChI is InChI=1S/C9H16N4OS/c1-14-8-6-7(12-9(10)13-8)11-4-3-5-15-2/h6H,3-5H2,1-2H3,(H3,10,11,12,13). The van der Waals surface area contributed by atoms with Crippen molar-refractivity contribution in [1.29, 1.82) is 0 Å². The van der Waals surface area contributed by atoms with E-state index in [4.69, 9.17) is 10.5 Å². The van der Waals surface area contributed by atoms with Crippen molar-refractivity contribution >= 4 is 23.5 Å². The minimum atomic E-state index is 0.224. The number of ether oxygens (including phenoxy) is 1. The van der Waals surface area contributed by atoms with Gasteiger partial charge >= 0.3 is 0 Å². The number of nitrogens with zero attached hydrogens (tertiary/aromatic N) is 2. The van der Waals surface area contributed by atoms with E-state index in [9.17, 15) is 0 Å². The Hall–Kier alpha value is -1.17. The van der Waals surface area contributed by atoms with E-state index in [1.54, 1.807) is 13.2 Å². The number of hydrogen-bond acceptors (Lipinski definition) is 6. The van der Waals surface area contributed by atoms with Gasteiger partial charge in [0.1, 0.15) is 5.82 Å². The number of aromatic nitrogens is 2. The van der Waals surface area contributed by atoms with Crippen molar-refractivity contribution in [1.82, 2.24) is 9.97 Å². The maximum absolute atomic E-state index is 5.52. The highest BCUT2D eigenvalue weighted by atomic mass is 32.2. The number of rotatable bonds is 6. The number of thioether (sulfide) groups is 1. The number of methoxy groups -OCH3 is 1. The van der Waals surface area contributed by atoms with Gasteiger partial charge in [0.15, 0.2) is 0 Å².